The van der Waals surface area contributed by atoms with Crippen molar-refractivity contribution >= 4 is 36.5 Å². The molecule has 1 aliphatic rings. The number of amides is 1. The lowest BCUT2D eigenvalue weighted by atomic mass is 9.93. The summed E-state index contributed by atoms with van der Waals surface area (Å²) in [5.41, 5.74) is -1.64. The molecule has 0 aliphatic carbocycles. The van der Waals surface area contributed by atoms with Gasteiger partial charge in [0.2, 0.25) is 0 Å². The van der Waals surface area contributed by atoms with Crippen LogP contribution in [0.4, 0.5) is 4.79 Å². The second-order valence-corrected chi connectivity index (χ2v) is 19.4. The van der Waals surface area contributed by atoms with E-state index in [0.29, 0.717) is 0 Å². The standard InChI is InChI=1S/C38H55NO7Si/c1-12-20-27-25-30(34(41)45-36(3,4)5)39(35(42)46-37(6,7)8)32(27)33(40)31(43-13-2)26-44-47(38(9,10)11,28-21-16-14-17-22-28)29-23-18-15-19-24-29/h12,14-24,27,30-32H,13,25-26H2,1-11H3/b20-12-/t27-,30-,31+,32-/m1/s1. The van der Waals surface area contributed by atoms with Gasteiger partial charge in [-0.3, -0.25) is 9.69 Å². The number of hydrogen-bond acceptors (Lipinski definition) is 7. The fraction of sp³-hybridized carbons (Fsp3) is 0.553. The zero-order valence-corrected chi connectivity index (χ0v) is 31.2. The van der Waals surface area contributed by atoms with Gasteiger partial charge >= 0.3 is 12.1 Å². The van der Waals surface area contributed by atoms with Gasteiger partial charge in [0.05, 0.1) is 6.61 Å². The number of ether oxygens (including phenoxy) is 3. The van der Waals surface area contributed by atoms with Gasteiger partial charge in [0.25, 0.3) is 8.32 Å². The number of ketones is 1. The molecule has 9 heteroatoms. The molecule has 8 nitrogen and oxygen atoms in total. The van der Waals surface area contributed by atoms with Crippen LogP contribution in [0.15, 0.2) is 72.8 Å². The van der Waals surface area contributed by atoms with Gasteiger partial charge in [-0.1, -0.05) is 93.6 Å². The average Bonchev–Trinajstić information content (AvgIpc) is 3.35. The molecule has 47 heavy (non-hydrogen) atoms. The Balaban J connectivity index is 2.11. The number of nitrogens with zero attached hydrogens (tertiary/aromatic N) is 1. The zero-order valence-electron chi connectivity index (χ0n) is 30.2. The Kier molecular flexibility index (Phi) is 12.4. The Labute approximate surface area is 282 Å². The molecule has 1 aliphatic heterocycles. The summed E-state index contributed by atoms with van der Waals surface area (Å²) in [6.07, 6.45) is 2.16. The van der Waals surface area contributed by atoms with Gasteiger partial charge in [-0.2, -0.15) is 0 Å². The van der Waals surface area contributed by atoms with Gasteiger partial charge in [-0.15, -0.1) is 0 Å². The largest absolute Gasteiger partial charge is 0.458 e. The summed E-state index contributed by atoms with van der Waals surface area (Å²) < 4.78 is 24.8. The number of allylic oxidation sites excluding steroid dienone is 1. The molecule has 3 rings (SSSR count). The smallest absolute Gasteiger partial charge is 0.411 e. The van der Waals surface area contributed by atoms with E-state index in [9.17, 15) is 14.4 Å². The van der Waals surface area contributed by atoms with E-state index in [1.807, 2.05) is 62.4 Å². The molecule has 4 atom stereocenters. The maximum Gasteiger partial charge on any atom is 0.411 e. The van der Waals surface area contributed by atoms with Crippen LogP contribution < -0.4 is 10.4 Å². The van der Waals surface area contributed by atoms with Gasteiger partial charge in [0.1, 0.15) is 29.4 Å². The van der Waals surface area contributed by atoms with Crippen molar-refractivity contribution < 1.29 is 33.0 Å². The van der Waals surface area contributed by atoms with Crippen molar-refractivity contribution in [2.45, 2.75) is 117 Å². The lowest BCUT2D eigenvalue weighted by Gasteiger charge is -2.43. The first kappa shape index (κ1) is 38.2. The van der Waals surface area contributed by atoms with Crippen LogP contribution in [0.3, 0.4) is 0 Å². The molecule has 0 radical (unpaired) electrons. The van der Waals surface area contributed by atoms with E-state index >= 15 is 0 Å². The lowest BCUT2D eigenvalue weighted by Crippen LogP contribution is -2.67. The van der Waals surface area contributed by atoms with Crippen LogP contribution in [-0.2, 0) is 28.2 Å². The maximum absolute atomic E-state index is 14.8. The average molecular weight is 666 g/mol. The molecule has 0 saturated carbocycles. The first-order valence-corrected chi connectivity index (χ1v) is 18.5. The second-order valence-electron chi connectivity index (χ2n) is 15.1. The third-order valence-corrected chi connectivity index (χ3v) is 13.1. The highest BCUT2D eigenvalue weighted by atomic mass is 28.4. The third kappa shape index (κ3) is 9.21. The molecule has 1 amide bonds. The minimum absolute atomic E-state index is 0.0295. The molecule has 2 aromatic carbocycles. The first-order chi connectivity index (χ1) is 21.9. The van der Waals surface area contributed by atoms with Gasteiger partial charge in [-0.25, -0.2) is 9.59 Å². The lowest BCUT2D eigenvalue weighted by molar-refractivity contribution is -0.161. The van der Waals surface area contributed by atoms with Crippen LogP contribution in [-0.4, -0.2) is 73.7 Å². The number of Topliss-reactive ketones (excluding diaryl/α,β-unsaturated/α-hetero) is 1. The Morgan fingerprint density at radius 2 is 1.36 bits per heavy atom. The van der Waals surface area contributed by atoms with Crippen molar-refractivity contribution in [1.29, 1.82) is 0 Å². The van der Waals surface area contributed by atoms with Gasteiger partial charge in [0.15, 0.2) is 5.78 Å². The number of rotatable bonds is 11. The van der Waals surface area contributed by atoms with Crippen molar-refractivity contribution in [2.24, 2.45) is 5.92 Å². The summed E-state index contributed by atoms with van der Waals surface area (Å²) in [5.74, 6) is -1.39. The van der Waals surface area contributed by atoms with E-state index in [4.69, 9.17) is 18.6 Å². The highest BCUT2D eigenvalue weighted by Crippen LogP contribution is 2.38. The molecular formula is C38H55NO7Si. The van der Waals surface area contributed by atoms with Crippen LogP contribution in [0, 0.1) is 5.92 Å². The molecular weight excluding hydrogens is 611 g/mol. The molecule has 2 aromatic rings. The molecule has 258 valence electrons. The summed E-state index contributed by atoms with van der Waals surface area (Å²) in [7, 11) is -3.01. The SMILES string of the molecule is C/C=C\[C@@H]1C[C@H](C(=O)OC(C)(C)C)N(C(=O)OC(C)(C)C)[C@H]1C(=O)[C@H](CO[Si](c1ccccc1)(c1ccccc1)C(C)(C)C)OCC. The van der Waals surface area contributed by atoms with Crippen LogP contribution in [0.2, 0.25) is 5.04 Å². The molecule has 0 unspecified atom stereocenters. The predicted molar refractivity (Wildman–Crippen MR) is 188 cm³/mol. The number of benzene rings is 2. The highest BCUT2D eigenvalue weighted by Gasteiger charge is 2.55. The number of esters is 1. The second kappa shape index (κ2) is 15.3. The molecule has 1 heterocycles. The predicted octanol–water partition coefficient (Wildman–Crippen LogP) is 6.45. The summed E-state index contributed by atoms with van der Waals surface area (Å²) >= 11 is 0. The van der Waals surface area contributed by atoms with E-state index in [1.165, 1.54) is 4.90 Å². The number of likely N-dealkylation sites (tertiary alicyclic amines) is 1. The molecule has 0 spiro atoms. The van der Waals surface area contributed by atoms with E-state index in [2.05, 4.69) is 45.0 Å². The van der Waals surface area contributed by atoms with E-state index in [1.54, 1.807) is 41.5 Å². The van der Waals surface area contributed by atoms with E-state index < -0.39 is 55.7 Å². The maximum atomic E-state index is 14.8. The Hall–Kier alpha value is -3.27. The number of carbonyl (C=O) groups excluding carboxylic acids is 3. The topological polar surface area (TPSA) is 91.4 Å². The summed E-state index contributed by atoms with van der Waals surface area (Å²) in [5, 5.41) is 1.84. The Morgan fingerprint density at radius 3 is 1.79 bits per heavy atom. The summed E-state index contributed by atoms with van der Waals surface area (Å²) in [4.78, 5) is 43.5. The van der Waals surface area contributed by atoms with Crippen molar-refractivity contribution in [3.63, 3.8) is 0 Å². The number of carbonyl (C=O) groups is 3. The van der Waals surface area contributed by atoms with Gasteiger partial charge < -0.3 is 18.6 Å². The van der Waals surface area contributed by atoms with Crippen molar-refractivity contribution in [2.75, 3.05) is 13.2 Å². The quantitative estimate of drug-likeness (QED) is 0.155. The Morgan fingerprint density at radius 1 is 0.851 bits per heavy atom. The fourth-order valence-corrected chi connectivity index (χ4v) is 10.9. The molecule has 0 bridgehead atoms. The third-order valence-electron chi connectivity index (χ3n) is 8.10. The van der Waals surface area contributed by atoms with Crippen molar-refractivity contribution in [3.8, 4) is 0 Å². The summed E-state index contributed by atoms with van der Waals surface area (Å²) in [6, 6.07) is 18.3. The van der Waals surface area contributed by atoms with Crippen LogP contribution >= 0.6 is 0 Å². The molecule has 0 N–H and O–H groups in total. The highest BCUT2D eigenvalue weighted by molar-refractivity contribution is 6.99. The van der Waals surface area contributed by atoms with Gasteiger partial charge in [0, 0.05) is 12.5 Å². The minimum atomic E-state index is -3.01. The fourth-order valence-electron chi connectivity index (χ4n) is 6.38. The van der Waals surface area contributed by atoms with Gasteiger partial charge in [-0.05, 0) is 77.2 Å². The van der Waals surface area contributed by atoms with Crippen molar-refractivity contribution in [3.05, 3.63) is 72.8 Å². The van der Waals surface area contributed by atoms with Crippen molar-refractivity contribution in [1.82, 2.24) is 4.90 Å². The van der Waals surface area contributed by atoms with Crippen LogP contribution in [0.1, 0.15) is 82.6 Å². The molecule has 1 fully saturated rings. The zero-order chi connectivity index (χ0) is 35.2. The van der Waals surface area contributed by atoms with Crippen LogP contribution in [0.25, 0.3) is 0 Å². The molecule has 0 aromatic heterocycles. The number of hydrogen-bond donors (Lipinski definition) is 0. The Bertz CT molecular complexity index is 1330. The van der Waals surface area contributed by atoms with E-state index in [-0.39, 0.29) is 30.5 Å². The normalized spacial score (nSPS) is 19.9. The monoisotopic (exact) mass is 665 g/mol. The van der Waals surface area contributed by atoms with Crippen LogP contribution in [0.5, 0.6) is 0 Å². The first-order valence-electron chi connectivity index (χ1n) is 16.6. The summed E-state index contributed by atoms with van der Waals surface area (Å²) in [6.45, 7) is 21.0. The van der Waals surface area contributed by atoms with E-state index in [0.717, 1.165) is 10.4 Å². The minimum Gasteiger partial charge on any atom is -0.458 e. The molecule has 1 saturated heterocycles.